The van der Waals surface area contributed by atoms with Crippen LogP contribution in [0.3, 0.4) is 0 Å². The highest BCUT2D eigenvalue weighted by Gasteiger charge is 2.40. The van der Waals surface area contributed by atoms with E-state index in [1.54, 1.807) is 13.8 Å². The Balaban J connectivity index is 1.61. The Bertz CT molecular complexity index is 781. The molecule has 0 atom stereocenters. The molecule has 28 heavy (non-hydrogen) atoms. The average molecular weight is 414 g/mol. The van der Waals surface area contributed by atoms with Gasteiger partial charge in [-0.15, -0.1) is 11.3 Å². The Labute approximate surface area is 167 Å². The van der Waals surface area contributed by atoms with E-state index in [2.05, 4.69) is 11.4 Å². The molecule has 0 unspecified atom stereocenters. The molecule has 0 aromatic carbocycles. The summed E-state index contributed by atoms with van der Waals surface area (Å²) in [5, 5.41) is 13.0. The third-order valence-electron chi connectivity index (χ3n) is 5.43. The lowest BCUT2D eigenvalue weighted by Gasteiger charge is -2.47. The summed E-state index contributed by atoms with van der Waals surface area (Å²) in [6.45, 7) is 3.74. The van der Waals surface area contributed by atoms with Crippen molar-refractivity contribution < 1.29 is 18.0 Å². The van der Waals surface area contributed by atoms with Crippen molar-refractivity contribution in [3.63, 3.8) is 0 Å². The van der Waals surface area contributed by atoms with E-state index in [9.17, 15) is 23.2 Å². The zero-order chi connectivity index (χ0) is 20.5. The molecule has 1 fully saturated rings. The van der Waals surface area contributed by atoms with Crippen molar-refractivity contribution in [3.8, 4) is 6.07 Å². The summed E-state index contributed by atoms with van der Waals surface area (Å²) in [4.78, 5) is 17.0. The van der Waals surface area contributed by atoms with Gasteiger partial charge in [-0.2, -0.15) is 18.4 Å². The number of amides is 1. The SMILES string of the molecule is CC1(C)CN(CC(=O)Nc2sc3c(c2C#N)CCCC3)CCN1CC(F)(F)F. The Hall–Kier alpha value is -1.63. The number of nitriles is 1. The van der Waals surface area contributed by atoms with E-state index in [-0.39, 0.29) is 19.0 Å². The maximum absolute atomic E-state index is 12.8. The van der Waals surface area contributed by atoms with E-state index < -0.39 is 18.3 Å². The van der Waals surface area contributed by atoms with Crippen molar-refractivity contribution in [3.05, 3.63) is 16.0 Å². The van der Waals surface area contributed by atoms with Crippen LogP contribution in [0.15, 0.2) is 0 Å². The maximum Gasteiger partial charge on any atom is 0.401 e. The molecule has 5 nitrogen and oxygen atoms in total. The molecule has 1 N–H and O–H groups in total. The average Bonchev–Trinajstić information content (AvgIpc) is 2.92. The summed E-state index contributed by atoms with van der Waals surface area (Å²) < 4.78 is 38.3. The Morgan fingerprint density at radius 3 is 2.64 bits per heavy atom. The largest absolute Gasteiger partial charge is 0.401 e. The van der Waals surface area contributed by atoms with Gasteiger partial charge >= 0.3 is 6.18 Å². The Morgan fingerprint density at radius 2 is 2.00 bits per heavy atom. The summed E-state index contributed by atoms with van der Waals surface area (Å²) in [5.74, 6) is -0.227. The van der Waals surface area contributed by atoms with Crippen LogP contribution in [0.1, 0.15) is 42.7 Å². The second-order valence-corrected chi connectivity index (χ2v) is 9.24. The number of alkyl halides is 3. The molecule has 1 amide bonds. The zero-order valence-corrected chi connectivity index (χ0v) is 17.0. The van der Waals surface area contributed by atoms with Crippen LogP contribution in [0.2, 0.25) is 0 Å². The summed E-state index contributed by atoms with van der Waals surface area (Å²) in [5.41, 5.74) is 0.966. The van der Waals surface area contributed by atoms with Crippen LogP contribution >= 0.6 is 11.3 Å². The second-order valence-electron chi connectivity index (χ2n) is 8.13. The van der Waals surface area contributed by atoms with Gasteiger partial charge in [0.15, 0.2) is 0 Å². The van der Waals surface area contributed by atoms with Crippen LogP contribution in [0.5, 0.6) is 0 Å². The van der Waals surface area contributed by atoms with E-state index >= 15 is 0 Å². The molecule has 0 saturated carbocycles. The van der Waals surface area contributed by atoms with Gasteiger partial charge < -0.3 is 5.32 Å². The van der Waals surface area contributed by atoms with Gasteiger partial charge in [-0.05, 0) is 45.1 Å². The molecule has 3 rings (SSSR count). The van der Waals surface area contributed by atoms with Gasteiger partial charge in [0.05, 0.1) is 18.7 Å². The molecule has 1 aliphatic heterocycles. The van der Waals surface area contributed by atoms with Crippen LogP contribution in [-0.4, -0.2) is 60.1 Å². The lowest BCUT2D eigenvalue weighted by Crippen LogP contribution is -2.61. The minimum Gasteiger partial charge on any atom is -0.315 e. The topological polar surface area (TPSA) is 59.4 Å². The quantitative estimate of drug-likeness (QED) is 0.821. The lowest BCUT2D eigenvalue weighted by atomic mass is 9.96. The first-order chi connectivity index (χ1) is 13.1. The smallest absolute Gasteiger partial charge is 0.315 e. The molecule has 0 radical (unpaired) electrons. The van der Waals surface area contributed by atoms with Gasteiger partial charge in [0, 0.05) is 30.1 Å². The lowest BCUT2D eigenvalue weighted by molar-refractivity contribution is -0.165. The molecule has 0 bridgehead atoms. The van der Waals surface area contributed by atoms with Gasteiger partial charge in [-0.3, -0.25) is 14.6 Å². The fourth-order valence-corrected chi connectivity index (χ4v) is 5.33. The van der Waals surface area contributed by atoms with E-state index in [0.29, 0.717) is 23.7 Å². The zero-order valence-electron chi connectivity index (χ0n) is 16.2. The van der Waals surface area contributed by atoms with Crippen molar-refractivity contribution in [1.82, 2.24) is 9.80 Å². The molecule has 1 aliphatic carbocycles. The predicted molar refractivity (Wildman–Crippen MR) is 102 cm³/mol. The fraction of sp³-hybridized carbons (Fsp3) is 0.684. The molecule has 154 valence electrons. The summed E-state index contributed by atoms with van der Waals surface area (Å²) >= 11 is 1.48. The number of carbonyl (C=O) groups excluding carboxylic acids is 1. The monoisotopic (exact) mass is 414 g/mol. The van der Waals surface area contributed by atoms with E-state index in [1.165, 1.54) is 21.1 Å². The predicted octanol–water partition coefficient (Wildman–Crippen LogP) is 3.40. The van der Waals surface area contributed by atoms with Crippen LogP contribution in [-0.2, 0) is 17.6 Å². The third kappa shape index (κ3) is 4.85. The van der Waals surface area contributed by atoms with Crippen molar-refractivity contribution in [2.24, 2.45) is 0 Å². The number of aryl methyl sites for hydroxylation is 1. The second kappa shape index (κ2) is 8.01. The van der Waals surface area contributed by atoms with Crippen molar-refractivity contribution in [1.29, 1.82) is 5.26 Å². The first-order valence-electron chi connectivity index (χ1n) is 9.48. The molecule has 0 spiro atoms. The van der Waals surface area contributed by atoms with Crippen molar-refractivity contribution in [2.45, 2.75) is 51.2 Å². The molecule has 2 heterocycles. The number of thiophene rings is 1. The summed E-state index contributed by atoms with van der Waals surface area (Å²) in [6, 6.07) is 2.22. The number of nitrogens with one attached hydrogen (secondary N) is 1. The normalized spacial score (nSPS) is 20.4. The molecular formula is C19H25F3N4OS. The van der Waals surface area contributed by atoms with Gasteiger partial charge in [0.2, 0.25) is 5.91 Å². The van der Waals surface area contributed by atoms with Gasteiger partial charge in [0.25, 0.3) is 0 Å². The first-order valence-corrected chi connectivity index (χ1v) is 10.3. The van der Waals surface area contributed by atoms with Crippen LogP contribution < -0.4 is 5.32 Å². The van der Waals surface area contributed by atoms with Gasteiger partial charge in [0.1, 0.15) is 11.1 Å². The number of anilines is 1. The van der Waals surface area contributed by atoms with Crippen LogP contribution in [0, 0.1) is 11.3 Å². The molecule has 2 aliphatic rings. The highest BCUT2D eigenvalue weighted by molar-refractivity contribution is 7.16. The number of piperazine rings is 1. The highest BCUT2D eigenvalue weighted by atomic mass is 32.1. The van der Waals surface area contributed by atoms with Crippen LogP contribution in [0.4, 0.5) is 18.2 Å². The fourth-order valence-electron chi connectivity index (χ4n) is 4.08. The summed E-state index contributed by atoms with van der Waals surface area (Å²) in [6.07, 6.45) is -0.255. The van der Waals surface area contributed by atoms with E-state index in [1.807, 2.05) is 4.90 Å². The number of halogens is 3. The van der Waals surface area contributed by atoms with E-state index in [4.69, 9.17) is 0 Å². The van der Waals surface area contributed by atoms with Crippen LogP contribution in [0.25, 0.3) is 0 Å². The third-order valence-corrected chi connectivity index (χ3v) is 6.63. The molecule has 9 heteroatoms. The number of rotatable bonds is 4. The number of hydrogen-bond acceptors (Lipinski definition) is 5. The standard InChI is InChI=1S/C19H25F3N4OS/c1-18(2)11-25(7-8-26(18)12-19(20,21)22)10-16(27)24-17-14(9-23)13-5-3-4-6-15(13)28-17/h3-8,10-12H2,1-2H3,(H,24,27). The Kier molecular flexibility index (Phi) is 6.03. The summed E-state index contributed by atoms with van der Waals surface area (Å²) in [7, 11) is 0. The Morgan fingerprint density at radius 1 is 1.29 bits per heavy atom. The highest BCUT2D eigenvalue weighted by Crippen LogP contribution is 2.37. The number of fused-ring (bicyclic) bond motifs is 1. The molecular weight excluding hydrogens is 389 g/mol. The van der Waals surface area contributed by atoms with Crippen molar-refractivity contribution in [2.75, 3.05) is 38.0 Å². The van der Waals surface area contributed by atoms with Gasteiger partial charge in [-0.25, -0.2) is 0 Å². The molecule has 1 aromatic heterocycles. The number of carbonyl (C=O) groups is 1. The number of nitrogens with zero attached hydrogens (tertiary/aromatic N) is 3. The van der Waals surface area contributed by atoms with Gasteiger partial charge in [-0.1, -0.05) is 0 Å². The maximum atomic E-state index is 12.8. The van der Waals surface area contributed by atoms with Crippen molar-refractivity contribution >= 4 is 22.2 Å². The molecule has 1 aromatic rings. The minimum atomic E-state index is -4.23. The molecule has 1 saturated heterocycles. The van der Waals surface area contributed by atoms with E-state index in [0.717, 1.165) is 31.2 Å². The minimum absolute atomic E-state index is 0.108. The first kappa shape index (κ1) is 21.1. The number of hydrogen-bond donors (Lipinski definition) is 1.